The van der Waals surface area contributed by atoms with E-state index in [1.807, 2.05) is 37.3 Å². The van der Waals surface area contributed by atoms with E-state index >= 15 is 0 Å². The van der Waals surface area contributed by atoms with Crippen LogP contribution in [-0.4, -0.2) is 65.4 Å². The van der Waals surface area contributed by atoms with Gasteiger partial charge in [0, 0.05) is 29.6 Å². The molecule has 1 heterocycles. The number of allylic oxidation sites excluding steroid dienone is 4. The van der Waals surface area contributed by atoms with Gasteiger partial charge in [0.25, 0.3) is 0 Å². The van der Waals surface area contributed by atoms with Gasteiger partial charge in [-0.05, 0) is 73.8 Å². The number of esters is 1. The molecule has 5 aliphatic rings. The number of rotatable bonds is 7. The lowest BCUT2D eigenvalue weighted by Gasteiger charge is -2.59. The minimum Gasteiger partial charge on any atom is -0.490 e. The Morgan fingerprint density at radius 2 is 1.81 bits per heavy atom. The molecule has 4 aliphatic carbocycles. The summed E-state index contributed by atoms with van der Waals surface area (Å²) in [5, 5.41) is 23.4. The number of ketones is 2. The second-order valence-electron chi connectivity index (χ2n) is 13.4. The van der Waals surface area contributed by atoms with Gasteiger partial charge >= 0.3 is 5.97 Å². The fraction of sp³-hybridized carbons (Fsp3) is 0.618. The summed E-state index contributed by atoms with van der Waals surface area (Å²) in [6.07, 6.45) is 9.18. The van der Waals surface area contributed by atoms with Crippen molar-refractivity contribution in [3.63, 3.8) is 0 Å². The maximum absolute atomic E-state index is 13.5. The maximum Gasteiger partial charge on any atom is 0.310 e. The molecule has 6 unspecified atom stereocenters. The van der Waals surface area contributed by atoms with E-state index in [9.17, 15) is 24.6 Å². The first-order valence-corrected chi connectivity index (χ1v) is 15.4. The minimum atomic E-state index is -1.68. The molecule has 0 radical (unpaired) electrons. The van der Waals surface area contributed by atoms with Crippen LogP contribution in [0.4, 0.5) is 0 Å². The van der Waals surface area contributed by atoms with Crippen LogP contribution in [0.3, 0.4) is 0 Å². The van der Waals surface area contributed by atoms with Gasteiger partial charge in [-0.15, -0.1) is 0 Å². The van der Waals surface area contributed by atoms with Gasteiger partial charge in [0.05, 0.1) is 25.7 Å². The van der Waals surface area contributed by atoms with Gasteiger partial charge in [-0.1, -0.05) is 37.6 Å². The standard InChI is InChI=1S/C34H42O8/c1-32-13-9-23(35)18-22(32)5-8-26-27-10-14-34(39,33(27,2)19-28(36)31(26)32)29(37)20-41-30(38)17-21-3-6-24(7-4-21)42-25-11-15-40-16-12-25/h3-4,6-7,9,13,18,25-28,31,36,39H,5,8,10-12,14-17,19-20H2,1-2H3/t26?,27?,28?,31?,32?,33?,34-/m0/s1. The van der Waals surface area contributed by atoms with Crippen LogP contribution < -0.4 is 4.74 Å². The van der Waals surface area contributed by atoms with Gasteiger partial charge in [0.2, 0.25) is 5.78 Å². The van der Waals surface area contributed by atoms with Crippen molar-refractivity contribution in [2.45, 2.75) is 83.0 Å². The summed E-state index contributed by atoms with van der Waals surface area (Å²) < 4.78 is 16.7. The highest BCUT2D eigenvalue weighted by atomic mass is 16.5. The molecule has 1 aromatic carbocycles. The van der Waals surface area contributed by atoms with Gasteiger partial charge in [0.1, 0.15) is 17.5 Å². The molecule has 226 valence electrons. The zero-order valence-electron chi connectivity index (χ0n) is 24.6. The van der Waals surface area contributed by atoms with Gasteiger partial charge in [-0.25, -0.2) is 0 Å². The van der Waals surface area contributed by atoms with Gasteiger partial charge in [-0.3, -0.25) is 14.4 Å². The van der Waals surface area contributed by atoms with Crippen LogP contribution in [0.2, 0.25) is 0 Å². The first-order chi connectivity index (χ1) is 20.0. The third-order valence-corrected chi connectivity index (χ3v) is 11.2. The van der Waals surface area contributed by atoms with Crippen LogP contribution in [0.5, 0.6) is 5.75 Å². The van der Waals surface area contributed by atoms with E-state index in [0.717, 1.165) is 42.6 Å². The van der Waals surface area contributed by atoms with Crippen molar-refractivity contribution < 1.29 is 38.8 Å². The van der Waals surface area contributed by atoms with Gasteiger partial charge < -0.3 is 24.4 Å². The molecule has 1 aliphatic heterocycles. The number of Topliss-reactive ketones (excluding diaryl/α,β-unsaturated/α-hetero) is 1. The Bertz CT molecular complexity index is 1290. The van der Waals surface area contributed by atoms with E-state index in [2.05, 4.69) is 6.92 Å². The molecule has 0 bridgehead atoms. The highest BCUT2D eigenvalue weighted by molar-refractivity contribution is 6.01. The maximum atomic E-state index is 13.5. The molecule has 0 spiro atoms. The number of carbonyl (C=O) groups excluding carboxylic acids is 3. The van der Waals surface area contributed by atoms with Crippen LogP contribution in [0.1, 0.15) is 64.4 Å². The van der Waals surface area contributed by atoms with Crippen molar-refractivity contribution in [2.75, 3.05) is 19.8 Å². The first-order valence-electron chi connectivity index (χ1n) is 15.4. The molecule has 4 fully saturated rings. The molecular formula is C34H42O8. The Morgan fingerprint density at radius 1 is 1.07 bits per heavy atom. The Morgan fingerprint density at radius 3 is 2.55 bits per heavy atom. The quantitative estimate of drug-likeness (QED) is 0.468. The van der Waals surface area contributed by atoms with E-state index in [-0.39, 0.29) is 48.9 Å². The molecule has 1 aromatic rings. The summed E-state index contributed by atoms with van der Waals surface area (Å²) in [6, 6.07) is 7.30. The SMILES string of the molecule is CC12C=CC(=O)C=C1CCC1C2C(O)CC2(C)C1CC[C@]2(O)C(=O)COC(=O)Cc1ccc(OC2CCOCC2)cc1. The average Bonchev–Trinajstić information content (AvgIpc) is 3.24. The number of hydrogen-bond acceptors (Lipinski definition) is 8. The zero-order valence-corrected chi connectivity index (χ0v) is 24.6. The molecular weight excluding hydrogens is 536 g/mol. The smallest absolute Gasteiger partial charge is 0.310 e. The van der Waals surface area contributed by atoms with Crippen molar-refractivity contribution >= 4 is 17.5 Å². The van der Waals surface area contributed by atoms with Crippen LogP contribution in [0.15, 0.2) is 48.1 Å². The second-order valence-corrected chi connectivity index (χ2v) is 13.4. The molecule has 2 N–H and O–H groups in total. The Balaban J connectivity index is 1.08. The molecule has 0 amide bonds. The molecule has 0 aromatic heterocycles. The lowest BCUT2D eigenvalue weighted by atomic mass is 9.46. The fourth-order valence-electron chi connectivity index (χ4n) is 8.94. The Labute approximate surface area is 247 Å². The largest absolute Gasteiger partial charge is 0.490 e. The van der Waals surface area contributed by atoms with Gasteiger partial charge in [-0.2, -0.15) is 0 Å². The summed E-state index contributed by atoms with van der Waals surface area (Å²) in [5.74, 6) is -0.233. The van der Waals surface area contributed by atoms with Crippen LogP contribution >= 0.6 is 0 Å². The van der Waals surface area contributed by atoms with Gasteiger partial charge in [0.15, 0.2) is 12.4 Å². The predicted molar refractivity (Wildman–Crippen MR) is 154 cm³/mol. The third-order valence-electron chi connectivity index (χ3n) is 11.2. The Hall–Kier alpha value is -2.81. The van der Waals surface area contributed by atoms with Crippen LogP contribution in [-0.2, 0) is 30.3 Å². The molecule has 1 saturated heterocycles. The number of aliphatic hydroxyl groups is 2. The van der Waals surface area contributed by atoms with Crippen LogP contribution in [0.25, 0.3) is 0 Å². The molecule has 6 rings (SSSR count). The number of hydrogen-bond donors (Lipinski definition) is 2. The number of fused-ring (bicyclic) bond motifs is 5. The topological polar surface area (TPSA) is 119 Å². The first kappa shape index (κ1) is 29.3. The van der Waals surface area contributed by atoms with Crippen molar-refractivity contribution in [1.29, 1.82) is 0 Å². The van der Waals surface area contributed by atoms with Crippen molar-refractivity contribution in [2.24, 2.45) is 28.6 Å². The normalized spacial score (nSPS) is 37.7. The monoisotopic (exact) mass is 578 g/mol. The van der Waals surface area contributed by atoms with Crippen molar-refractivity contribution in [3.8, 4) is 5.75 Å². The average molecular weight is 579 g/mol. The number of carbonyl (C=O) groups is 3. The number of ether oxygens (including phenoxy) is 3. The highest BCUT2D eigenvalue weighted by Gasteiger charge is 2.68. The van der Waals surface area contributed by atoms with E-state index in [1.54, 1.807) is 12.2 Å². The minimum absolute atomic E-state index is 0.00999. The van der Waals surface area contributed by atoms with E-state index < -0.39 is 40.9 Å². The summed E-state index contributed by atoms with van der Waals surface area (Å²) in [5.41, 5.74) is -1.10. The lowest BCUT2D eigenvalue weighted by molar-refractivity contribution is -0.181. The van der Waals surface area contributed by atoms with E-state index in [0.29, 0.717) is 19.6 Å². The summed E-state index contributed by atoms with van der Waals surface area (Å²) >= 11 is 0. The molecule has 8 nitrogen and oxygen atoms in total. The molecule has 3 saturated carbocycles. The van der Waals surface area contributed by atoms with Crippen molar-refractivity contribution in [1.82, 2.24) is 0 Å². The lowest BCUT2D eigenvalue weighted by Crippen LogP contribution is -2.61. The summed E-state index contributed by atoms with van der Waals surface area (Å²) in [6.45, 7) is 4.91. The molecule has 42 heavy (non-hydrogen) atoms. The third kappa shape index (κ3) is 4.95. The predicted octanol–water partition coefficient (Wildman–Crippen LogP) is 3.91. The van der Waals surface area contributed by atoms with Crippen molar-refractivity contribution in [3.05, 3.63) is 53.6 Å². The summed E-state index contributed by atoms with van der Waals surface area (Å²) in [4.78, 5) is 38.2. The van der Waals surface area contributed by atoms with E-state index in [4.69, 9.17) is 14.2 Å². The van der Waals surface area contributed by atoms with E-state index in [1.165, 1.54) is 0 Å². The summed E-state index contributed by atoms with van der Waals surface area (Å²) in [7, 11) is 0. The number of benzene rings is 1. The zero-order chi connectivity index (χ0) is 29.7. The highest BCUT2D eigenvalue weighted by Crippen LogP contribution is 2.67. The second kappa shape index (κ2) is 11.0. The van der Waals surface area contributed by atoms with Crippen LogP contribution in [0, 0.1) is 28.6 Å². The Kier molecular flexibility index (Phi) is 7.69. The molecule has 8 heteroatoms. The fourth-order valence-corrected chi connectivity index (χ4v) is 8.94. The molecule has 7 atom stereocenters. The number of aliphatic hydroxyl groups excluding tert-OH is 1.